The van der Waals surface area contributed by atoms with E-state index in [9.17, 15) is 14.0 Å². The Kier molecular flexibility index (Phi) is 5.85. The zero-order valence-corrected chi connectivity index (χ0v) is 19.6. The topological polar surface area (TPSA) is 49.4 Å². The van der Waals surface area contributed by atoms with Gasteiger partial charge in [-0.1, -0.05) is 62.7 Å². The molecule has 1 heterocycles. The molecule has 4 rings (SSSR count). The van der Waals surface area contributed by atoms with Crippen molar-refractivity contribution in [1.82, 2.24) is 0 Å². The maximum Gasteiger partial charge on any atom is 0.282 e. The Morgan fingerprint density at radius 1 is 0.879 bits per heavy atom. The van der Waals surface area contributed by atoms with Crippen molar-refractivity contribution in [3.8, 4) is 0 Å². The molecule has 0 radical (unpaired) electrons. The number of benzene rings is 3. The SMILES string of the molecule is Cc1ccc(Cl)cc1NC1=C(c2ccc(F)cc2)C(=O)N(c2ccc(C(C)(C)C)cc2)C1=O. The van der Waals surface area contributed by atoms with Crippen molar-refractivity contribution >= 4 is 40.4 Å². The molecule has 1 aliphatic rings. The minimum atomic E-state index is -0.484. The second-order valence-electron chi connectivity index (χ2n) is 9.08. The summed E-state index contributed by atoms with van der Waals surface area (Å²) in [7, 11) is 0. The summed E-state index contributed by atoms with van der Waals surface area (Å²) in [4.78, 5) is 28.2. The number of anilines is 2. The fourth-order valence-electron chi connectivity index (χ4n) is 3.74. The van der Waals surface area contributed by atoms with Crippen LogP contribution in [0.3, 0.4) is 0 Å². The molecule has 0 bridgehead atoms. The van der Waals surface area contributed by atoms with Gasteiger partial charge in [0.1, 0.15) is 11.5 Å². The van der Waals surface area contributed by atoms with Gasteiger partial charge in [0.15, 0.2) is 0 Å². The Morgan fingerprint density at radius 3 is 2.12 bits per heavy atom. The number of carbonyl (C=O) groups is 2. The van der Waals surface area contributed by atoms with E-state index in [-0.39, 0.29) is 16.7 Å². The number of halogens is 2. The van der Waals surface area contributed by atoms with Gasteiger partial charge in [0.2, 0.25) is 0 Å². The molecule has 3 aromatic carbocycles. The van der Waals surface area contributed by atoms with Gasteiger partial charge in [-0.15, -0.1) is 0 Å². The third-order valence-corrected chi connectivity index (χ3v) is 5.90. The molecule has 0 spiro atoms. The van der Waals surface area contributed by atoms with E-state index >= 15 is 0 Å². The van der Waals surface area contributed by atoms with Crippen LogP contribution in [-0.4, -0.2) is 11.8 Å². The van der Waals surface area contributed by atoms with E-state index < -0.39 is 17.6 Å². The van der Waals surface area contributed by atoms with Crippen LogP contribution in [0.4, 0.5) is 15.8 Å². The molecule has 1 N–H and O–H groups in total. The van der Waals surface area contributed by atoms with Crippen LogP contribution in [0, 0.1) is 12.7 Å². The second kappa shape index (κ2) is 8.49. The summed E-state index contributed by atoms with van der Waals surface area (Å²) in [6, 6.07) is 18.2. The molecule has 6 heteroatoms. The molecular formula is C27H24ClFN2O2. The summed E-state index contributed by atoms with van der Waals surface area (Å²) >= 11 is 6.15. The Hall–Kier alpha value is -3.44. The van der Waals surface area contributed by atoms with Crippen LogP contribution >= 0.6 is 11.6 Å². The van der Waals surface area contributed by atoms with Gasteiger partial charge in [-0.2, -0.15) is 0 Å². The molecule has 0 aromatic heterocycles. The standard InChI is InChI=1S/C27H24ClFN2O2/c1-16-5-10-19(28)15-22(16)30-24-23(17-6-11-20(29)12-7-17)25(32)31(26(24)33)21-13-8-18(9-14-21)27(2,3)4/h5-15,30H,1-4H3. The van der Waals surface area contributed by atoms with Gasteiger partial charge >= 0.3 is 0 Å². The van der Waals surface area contributed by atoms with Crippen molar-refractivity contribution in [2.45, 2.75) is 33.1 Å². The van der Waals surface area contributed by atoms with E-state index in [0.717, 1.165) is 16.0 Å². The zero-order valence-electron chi connectivity index (χ0n) is 18.9. The number of nitrogens with zero attached hydrogens (tertiary/aromatic N) is 1. The molecular weight excluding hydrogens is 439 g/mol. The minimum absolute atomic E-state index is 0.0636. The zero-order chi connectivity index (χ0) is 23.9. The van der Waals surface area contributed by atoms with E-state index in [1.807, 2.05) is 25.1 Å². The van der Waals surface area contributed by atoms with Gasteiger partial charge in [-0.3, -0.25) is 9.59 Å². The first-order valence-corrected chi connectivity index (χ1v) is 11.0. The lowest BCUT2D eigenvalue weighted by Gasteiger charge is -2.21. The quantitative estimate of drug-likeness (QED) is 0.451. The Bertz CT molecular complexity index is 1270. The van der Waals surface area contributed by atoms with Crippen molar-refractivity contribution in [1.29, 1.82) is 0 Å². The molecule has 33 heavy (non-hydrogen) atoms. The Labute approximate surface area is 197 Å². The number of carbonyl (C=O) groups excluding carboxylic acids is 2. The maximum atomic E-state index is 13.6. The fourth-order valence-corrected chi connectivity index (χ4v) is 3.91. The molecule has 0 fully saturated rings. The van der Waals surface area contributed by atoms with Gasteiger partial charge < -0.3 is 5.32 Å². The summed E-state index contributed by atoms with van der Waals surface area (Å²) in [6.07, 6.45) is 0. The predicted octanol–water partition coefficient (Wildman–Crippen LogP) is 6.48. The van der Waals surface area contributed by atoms with Crippen LogP contribution in [-0.2, 0) is 15.0 Å². The number of nitrogens with one attached hydrogen (secondary N) is 1. The molecule has 0 saturated carbocycles. The van der Waals surface area contributed by atoms with Crippen LogP contribution in [0.2, 0.25) is 5.02 Å². The Morgan fingerprint density at radius 2 is 1.52 bits per heavy atom. The fraction of sp³-hybridized carbons (Fsp3) is 0.185. The average Bonchev–Trinajstić information content (AvgIpc) is 3.00. The van der Waals surface area contributed by atoms with Gasteiger partial charge in [-0.25, -0.2) is 9.29 Å². The van der Waals surface area contributed by atoms with Crippen molar-refractivity contribution in [3.05, 3.63) is 100.0 Å². The molecule has 2 amide bonds. The second-order valence-corrected chi connectivity index (χ2v) is 9.52. The number of hydrogen-bond donors (Lipinski definition) is 1. The van der Waals surface area contributed by atoms with Crippen molar-refractivity contribution < 1.29 is 14.0 Å². The number of rotatable bonds is 4. The first-order valence-electron chi connectivity index (χ1n) is 10.6. The lowest BCUT2D eigenvalue weighted by atomic mass is 9.87. The van der Waals surface area contributed by atoms with E-state index in [1.54, 1.807) is 24.3 Å². The van der Waals surface area contributed by atoms with Crippen LogP contribution in [0.5, 0.6) is 0 Å². The molecule has 0 aliphatic carbocycles. The number of hydrogen-bond acceptors (Lipinski definition) is 3. The molecule has 0 saturated heterocycles. The third-order valence-electron chi connectivity index (χ3n) is 5.67. The summed E-state index contributed by atoms with van der Waals surface area (Å²) in [6.45, 7) is 8.16. The van der Waals surface area contributed by atoms with Crippen molar-refractivity contribution in [2.24, 2.45) is 0 Å². The van der Waals surface area contributed by atoms with Crippen molar-refractivity contribution in [3.63, 3.8) is 0 Å². The van der Waals surface area contributed by atoms with Crippen molar-refractivity contribution in [2.75, 3.05) is 10.2 Å². The molecule has 0 atom stereocenters. The van der Waals surface area contributed by atoms with E-state index in [4.69, 9.17) is 11.6 Å². The summed E-state index contributed by atoms with van der Waals surface area (Å²) in [5.41, 5.74) is 3.72. The molecule has 3 aromatic rings. The van der Waals surface area contributed by atoms with Crippen LogP contribution in [0.15, 0.2) is 72.4 Å². The molecule has 168 valence electrons. The third kappa shape index (κ3) is 4.41. The molecule has 4 nitrogen and oxygen atoms in total. The highest BCUT2D eigenvalue weighted by atomic mass is 35.5. The lowest BCUT2D eigenvalue weighted by molar-refractivity contribution is -0.120. The van der Waals surface area contributed by atoms with E-state index in [1.165, 1.54) is 24.3 Å². The summed E-state index contributed by atoms with van der Waals surface area (Å²) in [5, 5.41) is 3.62. The highest BCUT2D eigenvalue weighted by Crippen LogP contribution is 2.35. The van der Waals surface area contributed by atoms with Crippen LogP contribution in [0.25, 0.3) is 5.57 Å². The highest BCUT2D eigenvalue weighted by molar-refractivity contribution is 6.46. The average molecular weight is 463 g/mol. The predicted molar refractivity (Wildman–Crippen MR) is 131 cm³/mol. The lowest BCUT2D eigenvalue weighted by Crippen LogP contribution is -2.32. The smallest absolute Gasteiger partial charge is 0.282 e. The van der Waals surface area contributed by atoms with Gasteiger partial charge in [0.25, 0.3) is 11.8 Å². The highest BCUT2D eigenvalue weighted by Gasteiger charge is 2.40. The first-order chi connectivity index (χ1) is 15.6. The number of imide groups is 1. The van der Waals surface area contributed by atoms with Crippen LogP contribution < -0.4 is 10.2 Å². The van der Waals surface area contributed by atoms with E-state index in [2.05, 4.69) is 26.1 Å². The normalized spacial score (nSPS) is 14.3. The monoisotopic (exact) mass is 462 g/mol. The van der Waals surface area contributed by atoms with Crippen LogP contribution in [0.1, 0.15) is 37.5 Å². The largest absolute Gasteiger partial charge is 0.350 e. The summed E-state index contributed by atoms with van der Waals surface area (Å²) in [5.74, 6) is -1.38. The molecule has 1 aliphatic heterocycles. The maximum absolute atomic E-state index is 13.6. The number of aryl methyl sites for hydroxylation is 1. The van der Waals surface area contributed by atoms with Gasteiger partial charge in [0.05, 0.1) is 11.3 Å². The number of amides is 2. The minimum Gasteiger partial charge on any atom is -0.350 e. The van der Waals surface area contributed by atoms with Gasteiger partial charge in [0, 0.05) is 10.7 Å². The molecule has 0 unspecified atom stereocenters. The van der Waals surface area contributed by atoms with E-state index in [0.29, 0.717) is 22.0 Å². The first kappa shape index (κ1) is 22.7. The van der Waals surface area contributed by atoms with Gasteiger partial charge in [-0.05, 0) is 65.4 Å². The Balaban J connectivity index is 1.80. The summed E-state index contributed by atoms with van der Waals surface area (Å²) < 4.78 is 13.6.